The molecule has 98 valence electrons. The zero-order valence-electron chi connectivity index (χ0n) is 10.4. The molecule has 17 heavy (non-hydrogen) atoms. The van der Waals surface area contributed by atoms with Crippen LogP contribution in [-0.2, 0) is 15.6 Å². The average molecular weight is 258 g/mol. The predicted molar refractivity (Wildman–Crippen MR) is 68.9 cm³/mol. The quantitative estimate of drug-likeness (QED) is 0.742. The monoisotopic (exact) mass is 258 g/mol. The summed E-state index contributed by atoms with van der Waals surface area (Å²) in [5.41, 5.74) is 6.10. The lowest BCUT2D eigenvalue weighted by Gasteiger charge is -2.26. The Kier molecular flexibility index (Phi) is 4.20. The fraction of sp³-hybridized carbons (Fsp3) is 0.917. The van der Waals surface area contributed by atoms with Crippen molar-refractivity contribution < 1.29 is 9.00 Å². The Morgan fingerprint density at radius 2 is 2.12 bits per heavy atom. The number of nitrogens with one attached hydrogen (secondary N) is 1. The number of hydrogen-bond donors (Lipinski definition) is 2. The Morgan fingerprint density at radius 1 is 1.41 bits per heavy atom. The van der Waals surface area contributed by atoms with Crippen molar-refractivity contribution >= 4 is 16.7 Å². The maximum atomic E-state index is 12.0. The number of carbonyl (C=O) groups excluding carboxylic acids is 1. The molecule has 2 fully saturated rings. The zero-order valence-corrected chi connectivity index (χ0v) is 11.2. The van der Waals surface area contributed by atoms with E-state index in [1.165, 1.54) is 6.42 Å². The molecule has 0 aromatic heterocycles. The van der Waals surface area contributed by atoms with E-state index in [1.807, 2.05) is 6.92 Å². The van der Waals surface area contributed by atoms with Crippen LogP contribution in [0.1, 0.15) is 26.2 Å². The van der Waals surface area contributed by atoms with E-state index in [-0.39, 0.29) is 17.9 Å². The minimum Gasteiger partial charge on any atom is -0.355 e. The normalized spacial score (nSPS) is 37.1. The van der Waals surface area contributed by atoms with Gasteiger partial charge in [-0.05, 0) is 31.1 Å². The minimum absolute atomic E-state index is 0.00353. The summed E-state index contributed by atoms with van der Waals surface area (Å²) in [6, 6.07) is 0.0467. The van der Waals surface area contributed by atoms with E-state index in [4.69, 9.17) is 5.73 Å². The van der Waals surface area contributed by atoms with Crippen LogP contribution in [0.4, 0.5) is 0 Å². The molecule has 0 aliphatic heterocycles. The topological polar surface area (TPSA) is 72.2 Å². The van der Waals surface area contributed by atoms with E-state index in [0.29, 0.717) is 29.9 Å². The summed E-state index contributed by atoms with van der Waals surface area (Å²) in [7, 11) is -0.801. The van der Waals surface area contributed by atoms with Gasteiger partial charge in [-0.2, -0.15) is 0 Å². The highest BCUT2D eigenvalue weighted by molar-refractivity contribution is 7.84. The van der Waals surface area contributed by atoms with Crippen molar-refractivity contribution in [2.24, 2.45) is 23.5 Å². The van der Waals surface area contributed by atoms with Gasteiger partial charge in [0.2, 0.25) is 5.91 Å². The van der Waals surface area contributed by atoms with Crippen LogP contribution in [0.15, 0.2) is 0 Å². The summed E-state index contributed by atoms with van der Waals surface area (Å²) < 4.78 is 11.2. The molecule has 1 amide bonds. The first-order valence-electron chi connectivity index (χ1n) is 6.51. The summed E-state index contributed by atoms with van der Waals surface area (Å²) in [5, 5.41) is 2.89. The SMILES string of the molecule is CCS(=O)CCNC(=O)C1C2CCC(C2)C1N. The predicted octanol–water partition coefficient (Wildman–Crippen LogP) is 0.245. The molecule has 0 heterocycles. The van der Waals surface area contributed by atoms with Gasteiger partial charge in [-0.1, -0.05) is 6.92 Å². The van der Waals surface area contributed by atoms with Gasteiger partial charge in [0.1, 0.15) is 0 Å². The van der Waals surface area contributed by atoms with Gasteiger partial charge in [0.05, 0.1) is 5.92 Å². The zero-order chi connectivity index (χ0) is 12.4. The van der Waals surface area contributed by atoms with Gasteiger partial charge in [-0.25, -0.2) is 0 Å². The first-order chi connectivity index (χ1) is 8.13. The molecule has 2 rings (SSSR count). The number of fused-ring (bicyclic) bond motifs is 2. The molecule has 0 aromatic rings. The number of hydrogen-bond acceptors (Lipinski definition) is 3. The van der Waals surface area contributed by atoms with Crippen molar-refractivity contribution in [1.82, 2.24) is 5.32 Å². The van der Waals surface area contributed by atoms with Gasteiger partial charge in [0.25, 0.3) is 0 Å². The molecule has 5 atom stereocenters. The van der Waals surface area contributed by atoms with Gasteiger partial charge in [-0.15, -0.1) is 0 Å². The highest BCUT2D eigenvalue weighted by atomic mass is 32.2. The van der Waals surface area contributed by atoms with Crippen LogP contribution in [0.3, 0.4) is 0 Å². The Labute approximate surface area is 105 Å². The second-order valence-electron chi connectivity index (χ2n) is 5.16. The lowest BCUT2D eigenvalue weighted by molar-refractivity contribution is -0.126. The van der Waals surface area contributed by atoms with Crippen molar-refractivity contribution in [3.05, 3.63) is 0 Å². The Hall–Kier alpha value is -0.420. The maximum Gasteiger partial charge on any atom is 0.224 e. The van der Waals surface area contributed by atoms with Crippen LogP contribution in [0, 0.1) is 17.8 Å². The van der Waals surface area contributed by atoms with Crippen LogP contribution in [0.25, 0.3) is 0 Å². The van der Waals surface area contributed by atoms with E-state index in [9.17, 15) is 9.00 Å². The van der Waals surface area contributed by atoms with Crippen molar-refractivity contribution in [3.8, 4) is 0 Å². The fourth-order valence-corrected chi connectivity index (χ4v) is 3.89. The first kappa shape index (κ1) is 13.0. The molecule has 0 saturated heterocycles. The molecule has 2 aliphatic rings. The third kappa shape index (κ3) is 2.71. The van der Waals surface area contributed by atoms with Crippen LogP contribution < -0.4 is 11.1 Å². The molecular formula is C12H22N2O2S. The van der Waals surface area contributed by atoms with Crippen molar-refractivity contribution in [2.45, 2.75) is 32.2 Å². The van der Waals surface area contributed by atoms with E-state index >= 15 is 0 Å². The molecule has 5 heteroatoms. The summed E-state index contributed by atoms with van der Waals surface area (Å²) in [6.07, 6.45) is 3.47. The molecule has 0 radical (unpaired) electrons. The van der Waals surface area contributed by atoms with Gasteiger partial charge >= 0.3 is 0 Å². The van der Waals surface area contributed by atoms with Crippen molar-refractivity contribution in [2.75, 3.05) is 18.1 Å². The highest BCUT2D eigenvalue weighted by Gasteiger charge is 2.48. The molecule has 5 unspecified atom stereocenters. The fourth-order valence-electron chi connectivity index (χ4n) is 3.28. The molecular weight excluding hydrogens is 236 g/mol. The van der Waals surface area contributed by atoms with E-state index in [2.05, 4.69) is 5.32 Å². The maximum absolute atomic E-state index is 12.0. The Morgan fingerprint density at radius 3 is 2.71 bits per heavy atom. The third-order valence-corrected chi connectivity index (χ3v) is 5.54. The summed E-state index contributed by atoms with van der Waals surface area (Å²) in [4.78, 5) is 12.0. The largest absolute Gasteiger partial charge is 0.355 e. The molecule has 0 spiro atoms. The molecule has 3 N–H and O–H groups in total. The number of rotatable bonds is 5. The summed E-state index contributed by atoms with van der Waals surface area (Å²) >= 11 is 0. The standard InChI is InChI=1S/C12H22N2O2S/c1-2-17(16)6-5-14-12(15)10-8-3-4-9(7-8)11(10)13/h8-11H,2-7,13H2,1H3,(H,14,15). The van der Waals surface area contributed by atoms with Crippen molar-refractivity contribution in [3.63, 3.8) is 0 Å². The first-order valence-corrected chi connectivity index (χ1v) is 8.00. The molecule has 2 aliphatic carbocycles. The summed E-state index contributed by atoms with van der Waals surface area (Å²) in [5.74, 6) is 2.34. The van der Waals surface area contributed by atoms with E-state index in [1.54, 1.807) is 0 Å². The van der Waals surface area contributed by atoms with Gasteiger partial charge in [0.15, 0.2) is 0 Å². The van der Waals surface area contributed by atoms with E-state index < -0.39 is 10.8 Å². The summed E-state index contributed by atoms with van der Waals surface area (Å²) in [6.45, 7) is 2.41. The smallest absolute Gasteiger partial charge is 0.224 e. The second kappa shape index (κ2) is 5.48. The van der Waals surface area contributed by atoms with E-state index in [0.717, 1.165) is 12.8 Å². The average Bonchev–Trinajstić information content (AvgIpc) is 2.88. The minimum atomic E-state index is -0.801. The highest BCUT2D eigenvalue weighted by Crippen LogP contribution is 2.47. The lowest BCUT2D eigenvalue weighted by atomic mass is 9.84. The molecule has 0 aromatic carbocycles. The van der Waals surface area contributed by atoms with Crippen LogP contribution in [-0.4, -0.2) is 34.2 Å². The van der Waals surface area contributed by atoms with Crippen molar-refractivity contribution in [1.29, 1.82) is 0 Å². The Bertz CT molecular complexity index is 320. The Balaban J connectivity index is 1.78. The molecule has 2 bridgehead atoms. The van der Waals surface area contributed by atoms with Gasteiger partial charge in [-0.3, -0.25) is 9.00 Å². The van der Waals surface area contributed by atoms with Crippen LogP contribution in [0.5, 0.6) is 0 Å². The number of nitrogens with two attached hydrogens (primary N) is 1. The molecule has 4 nitrogen and oxygen atoms in total. The van der Waals surface area contributed by atoms with Crippen LogP contribution in [0.2, 0.25) is 0 Å². The number of amides is 1. The van der Waals surface area contributed by atoms with Gasteiger partial charge in [0, 0.05) is 34.9 Å². The second-order valence-corrected chi connectivity index (χ2v) is 7.03. The third-order valence-electron chi connectivity index (χ3n) is 4.23. The lowest BCUT2D eigenvalue weighted by Crippen LogP contribution is -2.46. The van der Waals surface area contributed by atoms with Crippen LogP contribution >= 0.6 is 0 Å². The number of carbonyl (C=O) groups is 1. The molecule has 2 saturated carbocycles. The van der Waals surface area contributed by atoms with Gasteiger partial charge < -0.3 is 11.1 Å².